The fourth-order valence-corrected chi connectivity index (χ4v) is 4.69. The fraction of sp³-hybridized carbons (Fsp3) is 0.688. The molecule has 1 aromatic heterocycles. The third-order valence-corrected chi connectivity index (χ3v) is 5.73. The third-order valence-electron chi connectivity index (χ3n) is 4.47. The van der Waals surface area contributed by atoms with Gasteiger partial charge in [-0.05, 0) is 32.2 Å². The van der Waals surface area contributed by atoms with Gasteiger partial charge in [-0.25, -0.2) is 0 Å². The molecule has 0 unspecified atom stereocenters. The second-order valence-corrected chi connectivity index (χ2v) is 6.96. The molecule has 0 N–H and O–H groups in total. The zero-order valence-electron chi connectivity index (χ0n) is 13.0. The largest absolute Gasteiger partial charge is 0.495 e. The Morgan fingerprint density at radius 3 is 2.67 bits per heavy atom. The van der Waals surface area contributed by atoms with E-state index in [1.54, 1.807) is 18.4 Å². The van der Waals surface area contributed by atoms with Crippen LogP contribution in [0.3, 0.4) is 0 Å². The van der Waals surface area contributed by atoms with Crippen LogP contribution in [0.1, 0.15) is 39.9 Å². The maximum Gasteiger partial charge on any atom is 0.267 e. The number of carbonyl (C=O) groups excluding carboxylic acids is 1. The van der Waals surface area contributed by atoms with Crippen LogP contribution in [-0.4, -0.2) is 55.5 Å². The lowest BCUT2D eigenvalue weighted by Gasteiger charge is -2.34. The van der Waals surface area contributed by atoms with E-state index in [9.17, 15) is 4.79 Å². The first-order valence-electron chi connectivity index (χ1n) is 7.94. The van der Waals surface area contributed by atoms with Crippen molar-refractivity contribution in [3.05, 3.63) is 15.3 Å². The predicted octanol–water partition coefficient (Wildman–Crippen LogP) is 2.41. The Morgan fingerprint density at radius 2 is 2.00 bits per heavy atom. The van der Waals surface area contributed by atoms with Crippen molar-refractivity contribution in [3.8, 4) is 5.75 Å². The number of thiophene rings is 1. The number of fused-ring (bicyclic) bond motifs is 1. The second kappa shape index (κ2) is 6.36. The van der Waals surface area contributed by atoms with Crippen molar-refractivity contribution >= 4 is 17.2 Å². The van der Waals surface area contributed by atoms with Crippen LogP contribution in [0.5, 0.6) is 5.75 Å². The molecule has 1 saturated heterocycles. The molecule has 3 rings (SSSR count). The van der Waals surface area contributed by atoms with E-state index in [0.29, 0.717) is 0 Å². The lowest BCUT2D eigenvalue weighted by Crippen LogP contribution is -2.48. The summed E-state index contributed by atoms with van der Waals surface area (Å²) in [6.45, 7) is 7.00. The van der Waals surface area contributed by atoms with Gasteiger partial charge >= 0.3 is 0 Å². The van der Waals surface area contributed by atoms with Crippen LogP contribution in [0.2, 0.25) is 0 Å². The summed E-state index contributed by atoms with van der Waals surface area (Å²) in [5, 5.41) is 0. The van der Waals surface area contributed by atoms with Crippen LogP contribution in [0.25, 0.3) is 0 Å². The van der Waals surface area contributed by atoms with E-state index in [4.69, 9.17) is 4.74 Å². The number of hydrogen-bond acceptors (Lipinski definition) is 4. The molecule has 1 fully saturated rings. The molecule has 2 heterocycles. The Balaban J connectivity index is 1.72. The highest BCUT2D eigenvalue weighted by Gasteiger charge is 2.30. The highest BCUT2D eigenvalue weighted by molar-refractivity contribution is 7.14. The SMILES string of the molecule is CCCN1CCN(C(=O)c2sc3c(c2OC)CCC3)CC1. The summed E-state index contributed by atoms with van der Waals surface area (Å²) in [4.78, 5) is 19.4. The van der Waals surface area contributed by atoms with Gasteiger partial charge in [0.05, 0.1) is 7.11 Å². The highest BCUT2D eigenvalue weighted by atomic mass is 32.1. The van der Waals surface area contributed by atoms with Crippen molar-refractivity contribution < 1.29 is 9.53 Å². The van der Waals surface area contributed by atoms with Gasteiger partial charge in [0.1, 0.15) is 10.6 Å². The van der Waals surface area contributed by atoms with Crippen molar-refractivity contribution in [1.82, 2.24) is 9.80 Å². The highest BCUT2D eigenvalue weighted by Crippen LogP contribution is 2.41. The second-order valence-electron chi connectivity index (χ2n) is 5.85. The van der Waals surface area contributed by atoms with Crippen LogP contribution in [0, 0.1) is 0 Å². The van der Waals surface area contributed by atoms with Crippen molar-refractivity contribution in [2.45, 2.75) is 32.6 Å². The Labute approximate surface area is 130 Å². The van der Waals surface area contributed by atoms with Crippen LogP contribution >= 0.6 is 11.3 Å². The van der Waals surface area contributed by atoms with E-state index < -0.39 is 0 Å². The van der Waals surface area contributed by atoms with Gasteiger partial charge in [0, 0.05) is 36.6 Å². The zero-order chi connectivity index (χ0) is 14.8. The number of methoxy groups -OCH3 is 1. The number of aryl methyl sites for hydroxylation is 1. The van der Waals surface area contributed by atoms with Crippen molar-refractivity contribution in [2.24, 2.45) is 0 Å². The Bertz CT molecular complexity index is 519. The number of rotatable bonds is 4. The first-order chi connectivity index (χ1) is 10.2. The molecule has 1 aliphatic carbocycles. The average Bonchev–Trinajstić information content (AvgIpc) is 3.08. The maximum atomic E-state index is 12.8. The maximum absolute atomic E-state index is 12.8. The summed E-state index contributed by atoms with van der Waals surface area (Å²) in [5.74, 6) is 1.02. The molecule has 0 atom stereocenters. The minimum atomic E-state index is 0.169. The number of carbonyl (C=O) groups is 1. The average molecular weight is 308 g/mol. The number of piperazine rings is 1. The third kappa shape index (κ3) is 2.81. The summed E-state index contributed by atoms with van der Waals surface area (Å²) in [7, 11) is 1.69. The van der Waals surface area contributed by atoms with Gasteiger partial charge in [-0.2, -0.15) is 0 Å². The summed E-state index contributed by atoms with van der Waals surface area (Å²) in [5.41, 5.74) is 1.29. The van der Waals surface area contributed by atoms with Crippen molar-refractivity contribution in [1.29, 1.82) is 0 Å². The number of hydrogen-bond donors (Lipinski definition) is 0. The number of nitrogens with zero attached hydrogens (tertiary/aromatic N) is 2. The summed E-state index contributed by atoms with van der Waals surface area (Å²) in [6, 6.07) is 0. The molecule has 2 aliphatic rings. The van der Waals surface area contributed by atoms with Gasteiger partial charge < -0.3 is 9.64 Å². The summed E-state index contributed by atoms with van der Waals surface area (Å²) < 4.78 is 5.55. The number of amides is 1. The Kier molecular flexibility index (Phi) is 4.50. The molecule has 1 aromatic rings. The van der Waals surface area contributed by atoms with Crippen LogP contribution < -0.4 is 4.74 Å². The molecule has 0 radical (unpaired) electrons. The molecule has 0 aromatic carbocycles. The topological polar surface area (TPSA) is 32.8 Å². The van der Waals surface area contributed by atoms with Crippen molar-refractivity contribution in [3.63, 3.8) is 0 Å². The fourth-order valence-electron chi connectivity index (χ4n) is 3.37. The van der Waals surface area contributed by atoms with Gasteiger partial charge in [-0.3, -0.25) is 9.69 Å². The van der Waals surface area contributed by atoms with E-state index in [1.807, 2.05) is 4.90 Å². The molecule has 21 heavy (non-hydrogen) atoms. The minimum absolute atomic E-state index is 0.169. The minimum Gasteiger partial charge on any atom is -0.495 e. The van der Waals surface area contributed by atoms with Gasteiger partial charge in [0.15, 0.2) is 0 Å². The summed E-state index contributed by atoms with van der Waals surface area (Å²) >= 11 is 1.66. The smallest absolute Gasteiger partial charge is 0.267 e. The lowest BCUT2D eigenvalue weighted by atomic mass is 10.2. The first-order valence-corrected chi connectivity index (χ1v) is 8.76. The molecule has 1 amide bonds. The molecule has 5 heteroatoms. The molecular formula is C16H24N2O2S. The Morgan fingerprint density at radius 1 is 1.24 bits per heavy atom. The molecule has 0 bridgehead atoms. The van der Waals surface area contributed by atoms with Crippen LogP contribution in [0.4, 0.5) is 0 Å². The molecule has 1 aliphatic heterocycles. The molecule has 0 saturated carbocycles. The van der Waals surface area contributed by atoms with E-state index >= 15 is 0 Å². The van der Waals surface area contributed by atoms with E-state index in [-0.39, 0.29) is 5.91 Å². The van der Waals surface area contributed by atoms with Gasteiger partial charge in [0.2, 0.25) is 0 Å². The summed E-state index contributed by atoms with van der Waals surface area (Å²) in [6.07, 6.45) is 4.54. The monoisotopic (exact) mass is 308 g/mol. The van der Waals surface area contributed by atoms with Gasteiger partial charge in [-0.1, -0.05) is 6.92 Å². The standard InChI is InChI=1S/C16H24N2O2S/c1-3-7-17-8-10-18(11-9-17)16(19)15-14(20-2)12-5-4-6-13(12)21-15/h3-11H2,1-2H3. The van der Waals surface area contributed by atoms with E-state index in [0.717, 1.165) is 56.2 Å². The molecular weight excluding hydrogens is 284 g/mol. The van der Waals surface area contributed by atoms with Crippen LogP contribution in [-0.2, 0) is 12.8 Å². The van der Waals surface area contributed by atoms with E-state index in [2.05, 4.69) is 11.8 Å². The first kappa shape index (κ1) is 14.9. The lowest BCUT2D eigenvalue weighted by molar-refractivity contribution is 0.0639. The van der Waals surface area contributed by atoms with Crippen molar-refractivity contribution in [2.75, 3.05) is 39.8 Å². The van der Waals surface area contributed by atoms with E-state index in [1.165, 1.54) is 23.3 Å². The molecule has 0 spiro atoms. The number of ether oxygens (including phenoxy) is 1. The zero-order valence-corrected chi connectivity index (χ0v) is 13.8. The normalized spacial score (nSPS) is 18.9. The predicted molar refractivity (Wildman–Crippen MR) is 85.5 cm³/mol. The molecule has 4 nitrogen and oxygen atoms in total. The quantitative estimate of drug-likeness (QED) is 0.856. The van der Waals surface area contributed by atoms with Gasteiger partial charge in [0.25, 0.3) is 5.91 Å². The van der Waals surface area contributed by atoms with Crippen LogP contribution in [0.15, 0.2) is 0 Å². The molecule has 116 valence electrons. The Hall–Kier alpha value is -1.07. The van der Waals surface area contributed by atoms with Gasteiger partial charge in [-0.15, -0.1) is 11.3 Å².